The molecule has 0 bridgehead atoms. The number of thiophene rings is 1. The second kappa shape index (κ2) is 8.37. The van der Waals surface area contributed by atoms with Crippen molar-refractivity contribution in [3.05, 3.63) is 41.7 Å². The number of nitrogens with one attached hydrogen (secondary N) is 1. The van der Waals surface area contributed by atoms with E-state index in [-0.39, 0.29) is 17.9 Å². The van der Waals surface area contributed by atoms with Gasteiger partial charge in [0, 0.05) is 31.5 Å². The van der Waals surface area contributed by atoms with E-state index >= 15 is 0 Å². The molecule has 1 atom stereocenters. The van der Waals surface area contributed by atoms with Gasteiger partial charge in [0.15, 0.2) is 0 Å². The number of hydrogen-bond acceptors (Lipinski definition) is 5. The van der Waals surface area contributed by atoms with Crippen LogP contribution in [-0.2, 0) is 21.2 Å². The molecule has 1 fully saturated rings. The predicted octanol–water partition coefficient (Wildman–Crippen LogP) is 2.88. The monoisotopic (exact) mass is 396 g/mol. The molecule has 6 nitrogen and oxygen atoms in total. The zero-order valence-corrected chi connectivity index (χ0v) is 16.4. The molecule has 142 valence electrons. The van der Waals surface area contributed by atoms with E-state index in [9.17, 15) is 13.2 Å². The lowest BCUT2D eigenvalue weighted by Crippen LogP contribution is -2.44. The van der Waals surface area contributed by atoms with Crippen molar-refractivity contribution in [3.8, 4) is 0 Å². The van der Waals surface area contributed by atoms with Gasteiger partial charge in [0.25, 0.3) is 10.0 Å². The number of amides is 1. The largest absolute Gasteiger partial charge is 0.469 e. The molecule has 1 N–H and O–H groups in total. The highest BCUT2D eigenvalue weighted by molar-refractivity contribution is 7.91. The van der Waals surface area contributed by atoms with Crippen molar-refractivity contribution >= 4 is 27.3 Å². The zero-order valence-electron chi connectivity index (χ0n) is 14.8. The van der Waals surface area contributed by atoms with Crippen LogP contribution in [0.15, 0.2) is 44.5 Å². The van der Waals surface area contributed by atoms with Crippen LogP contribution in [0.5, 0.6) is 0 Å². The van der Waals surface area contributed by atoms with Crippen LogP contribution in [0.3, 0.4) is 0 Å². The summed E-state index contributed by atoms with van der Waals surface area (Å²) < 4.78 is 32.2. The van der Waals surface area contributed by atoms with Crippen molar-refractivity contribution in [1.29, 1.82) is 0 Å². The summed E-state index contributed by atoms with van der Waals surface area (Å²) in [6.07, 6.45) is 4.36. The normalized spacial score (nSPS) is 17.9. The lowest BCUT2D eigenvalue weighted by Gasteiger charge is -2.30. The molecule has 0 aromatic carbocycles. The molecule has 1 aliphatic rings. The van der Waals surface area contributed by atoms with E-state index < -0.39 is 10.0 Å². The number of furan rings is 1. The lowest BCUT2D eigenvalue weighted by molar-refractivity contribution is -0.126. The molecule has 3 rings (SSSR count). The zero-order chi connectivity index (χ0) is 18.6. The fourth-order valence-electron chi connectivity index (χ4n) is 3.14. The summed E-state index contributed by atoms with van der Waals surface area (Å²) in [4.78, 5) is 12.5. The van der Waals surface area contributed by atoms with Gasteiger partial charge in [-0.2, -0.15) is 4.31 Å². The summed E-state index contributed by atoms with van der Waals surface area (Å²) >= 11 is 1.23. The molecule has 2 aromatic rings. The fourth-order valence-corrected chi connectivity index (χ4v) is 5.76. The third-order valence-electron chi connectivity index (χ3n) is 4.71. The molecule has 1 aliphatic heterocycles. The maximum absolute atomic E-state index is 12.5. The molecule has 0 spiro atoms. The number of carbonyl (C=O) groups is 1. The van der Waals surface area contributed by atoms with Gasteiger partial charge >= 0.3 is 0 Å². The summed E-state index contributed by atoms with van der Waals surface area (Å²) in [5, 5.41) is 4.81. The summed E-state index contributed by atoms with van der Waals surface area (Å²) in [6.45, 7) is 2.76. The van der Waals surface area contributed by atoms with Crippen LogP contribution < -0.4 is 5.32 Å². The van der Waals surface area contributed by atoms with Crippen LogP contribution in [0.2, 0.25) is 0 Å². The topological polar surface area (TPSA) is 79.6 Å². The van der Waals surface area contributed by atoms with Gasteiger partial charge in [-0.3, -0.25) is 4.79 Å². The molecule has 0 unspecified atom stereocenters. The van der Waals surface area contributed by atoms with Gasteiger partial charge in [0.2, 0.25) is 5.91 Å². The summed E-state index contributed by atoms with van der Waals surface area (Å²) in [5.74, 6) is 0.805. The van der Waals surface area contributed by atoms with Gasteiger partial charge in [0.05, 0.1) is 6.26 Å². The molecule has 3 heterocycles. The van der Waals surface area contributed by atoms with E-state index in [2.05, 4.69) is 5.32 Å². The third kappa shape index (κ3) is 4.55. The second-order valence-corrected chi connectivity index (χ2v) is 9.75. The Balaban J connectivity index is 1.46. The summed E-state index contributed by atoms with van der Waals surface area (Å²) in [5.41, 5.74) is 0. The number of piperidine rings is 1. The first kappa shape index (κ1) is 19.1. The van der Waals surface area contributed by atoms with Crippen molar-refractivity contribution in [3.63, 3.8) is 0 Å². The maximum atomic E-state index is 12.5. The maximum Gasteiger partial charge on any atom is 0.252 e. The van der Waals surface area contributed by atoms with Gasteiger partial charge in [-0.25, -0.2) is 8.42 Å². The molecular formula is C18H24N2O4S2. The number of carbonyl (C=O) groups excluding carboxylic acids is 1. The minimum atomic E-state index is -3.41. The Bertz CT molecular complexity index is 792. The van der Waals surface area contributed by atoms with Gasteiger partial charge < -0.3 is 9.73 Å². The second-order valence-electron chi connectivity index (χ2n) is 6.64. The highest BCUT2D eigenvalue weighted by Crippen LogP contribution is 2.26. The Kier molecular flexibility index (Phi) is 6.16. The van der Waals surface area contributed by atoms with Crippen LogP contribution in [0.1, 0.15) is 31.9 Å². The molecule has 1 saturated heterocycles. The molecule has 2 aromatic heterocycles. The molecule has 1 amide bonds. The van der Waals surface area contributed by atoms with E-state index in [0.717, 1.165) is 18.6 Å². The molecule has 26 heavy (non-hydrogen) atoms. The minimum Gasteiger partial charge on any atom is -0.469 e. The number of nitrogens with zero attached hydrogens (tertiary/aromatic N) is 1. The summed E-state index contributed by atoms with van der Waals surface area (Å²) in [6, 6.07) is 7.21. The van der Waals surface area contributed by atoms with Crippen LogP contribution in [0, 0.1) is 5.92 Å². The SMILES string of the molecule is C[C@@H](CCc1ccco1)NC(=O)C1CCN(S(=O)(=O)c2cccs2)CC1. The first-order valence-electron chi connectivity index (χ1n) is 8.83. The Morgan fingerprint density at radius 3 is 2.73 bits per heavy atom. The van der Waals surface area contributed by atoms with Crippen LogP contribution >= 0.6 is 11.3 Å². The fraction of sp³-hybridized carbons (Fsp3) is 0.500. The Morgan fingerprint density at radius 1 is 1.35 bits per heavy atom. The van der Waals surface area contributed by atoms with E-state index in [4.69, 9.17) is 4.42 Å². The molecule has 0 saturated carbocycles. The minimum absolute atomic E-state index is 0.0186. The standard InChI is InChI=1S/C18H24N2O4S2/c1-14(6-7-16-4-2-12-24-16)19-18(21)15-8-10-20(11-9-15)26(22,23)17-5-3-13-25-17/h2-5,12-15H,6-11H2,1H3,(H,19,21)/t14-/m0/s1. The lowest BCUT2D eigenvalue weighted by atomic mass is 9.96. The Labute approximate surface area is 158 Å². The number of aryl methyl sites for hydroxylation is 1. The molecule has 0 aliphatic carbocycles. The van der Waals surface area contributed by atoms with Crippen LogP contribution in [0.25, 0.3) is 0 Å². The average Bonchev–Trinajstić information content (AvgIpc) is 3.34. The highest BCUT2D eigenvalue weighted by atomic mass is 32.2. The first-order chi connectivity index (χ1) is 12.5. The molecular weight excluding hydrogens is 372 g/mol. The summed E-state index contributed by atoms with van der Waals surface area (Å²) in [7, 11) is -3.41. The Morgan fingerprint density at radius 2 is 2.12 bits per heavy atom. The van der Waals surface area contributed by atoms with Crippen molar-refractivity contribution in [2.75, 3.05) is 13.1 Å². The number of sulfonamides is 1. The predicted molar refractivity (Wildman–Crippen MR) is 100 cm³/mol. The van der Waals surface area contributed by atoms with Crippen LogP contribution in [0.4, 0.5) is 0 Å². The van der Waals surface area contributed by atoms with Gasteiger partial charge in [-0.05, 0) is 49.8 Å². The van der Waals surface area contributed by atoms with Crippen molar-refractivity contribution < 1.29 is 17.6 Å². The van der Waals surface area contributed by atoms with Gasteiger partial charge in [-0.1, -0.05) is 6.07 Å². The van der Waals surface area contributed by atoms with Gasteiger partial charge in [0.1, 0.15) is 9.97 Å². The number of hydrogen-bond donors (Lipinski definition) is 1. The van der Waals surface area contributed by atoms with E-state index in [1.54, 1.807) is 23.8 Å². The quantitative estimate of drug-likeness (QED) is 0.780. The van der Waals surface area contributed by atoms with E-state index in [0.29, 0.717) is 30.1 Å². The Hall–Kier alpha value is -1.64. The average molecular weight is 397 g/mol. The van der Waals surface area contributed by atoms with E-state index in [1.165, 1.54) is 15.6 Å². The van der Waals surface area contributed by atoms with Crippen LogP contribution in [-0.4, -0.2) is 37.8 Å². The highest BCUT2D eigenvalue weighted by Gasteiger charge is 2.32. The number of rotatable bonds is 7. The van der Waals surface area contributed by atoms with Crippen molar-refractivity contribution in [1.82, 2.24) is 9.62 Å². The molecule has 0 radical (unpaired) electrons. The van der Waals surface area contributed by atoms with Gasteiger partial charge in [-0.15, -0.1) is 11.3 Å². The van der Waals surface area contributed by atoms with Crippen molar-refractivity contribution in [2.24, 2.45) is 5.92 Å². The first-order valence-corrected chi connectivity index (χ1v) is 11.1. The third-order valence-corrected chi connectivity index (χ3v) is 7.98. The molecule has 8 heteroatoms. The smallest absolute Gasteiger partial charge is 0.252 e. The van der Waals surface area contributed by atoms with Crippen molar-refractivity contribution in [2.45, 2.75) is 42.9 Å². The van der Waals surface area contributed by atoms with E-state index in [1.807, 2.05) is 19.1 Å².